The minimum absolute atomic E-state index is 0.452. The lowest BCUT2D eigenvalue weighted by atomic mass is 10.1. The quantitative estimate of drug-likeness (QED) is 0.536. The van der Waals surface area contributed by atoms with Crippen LogP contribution in [0.15, 0.2) is 42.5 Å². The van der Waals surface area contributed by atoms with Gasteiger partial charge in [-0.2, -0.15) is 0 Å². The molecule has 1 nitrogen and oxygen atoms in total. The monoisotopic (exact) mass is 218 g/mol. The summed E-state index contributed by atoms with van der Waals surface area (Å²) in [4.78, 5) is 0. The van der Waals surface area contributed by atoms with E-state index in [-0.39, 0.29) is 0 Å². The van der Waals surface area contributed by atoms with E-state index >= 15 is 0 Å². The summed E-state index contributed by atoms with van der Waals surface area (Å²) in [7, 11) is 0. The van der Waals surface area contributed by atoms with Crippen molar-refractivity contribution in [3.63, 3.8) is 0 Å². The van der Waals surface area contributed by atoms with E-state index in [1.807, 2.05) is 36.4 Å². The van der Waals surface area contributed by atoms with E-state index in [1.165, 1.54) is 25.7 Å². The Morgan fingerprint density at radius 2 is 1.88 bits per heavy atom. The molecule has 0 saturated heterocycles. The van der Waals surface area contributed by atoms with E-state index in [0.717, 1.165) is 12.0 Å². The highest BCUT2D eigenvalue weighted by Crippen LogP contribution is 2.14. The van der Waals surface area contributed by atoms with Crippen LogP contribution in [0.4, 0.5) is 0 Å². The topological polar surface area (TPSA) is 20.2 Å². The van der Waals surface area contributed by atoms with Gasteiger partial charge in [-0.15, -0.1) is 0 Å². The molecule has 1 N–H and O–H groups in total. The molecule has 0 amide bonds. The first-order valence-corrected chi connectivity index (χ1v) is 6.24. The number of hydrogen-bond acceptors (Lipinski definition) is 1. The molecule has 16 heavy (non-hydrogen) atoms. The maximum Gasteiger partial charge on any atom is 0.0971 e. The van der Waals surface area contributed by atoms with Gasteiger partial charge in [0, 0.05) is 0 Å². The lowest BCUT2D eigenvalue weighted by Crippen LogP contribution is -1.91. The van der Waals surface area contributed by atoms with Crippen molar-refractivity contribution in [1.82, 2.24) is 0 Å². The first-order chi connectivity index (χ1) is 7.84. The van der Waals surface area contributed by atoms with E-state index in [1.54, 1.807) is 0 Å². The summed E-state index contributed by atoms with van der Waals surface area (Å²) in [6, 6.07) is 9.77. The second-order valence-electron chi connectivity index (χ2n) is 4.13. The molecule has 0 aliphatic carbocycles. The van der Waals surface area contributed by atoms with Crippen molar-refractivity contribution >= 4 is 0 Å². The van der Waals surface area contributed by atoms with Crippen LogP contribution in [0.2, 0.25) is 0 Å². The smallest absolute Gasteiger partial charge is 0.0971 e. The zero-order chi connectivity index (χ0) is 11.6. The lowest BCUT2D eigenvalue weighted by molar-refractivity contribution is 0.228. The standard InChI is InChI=1S/C15H22O/c1-2-3-4-5-6-10-13-15(16)14-11-8-7-9-12-14/h7-13,15-16H,2-6H2,1H3/b13-10+/t15-/m1/s1. The van der Waals surface area contributed by atoms with Crippen LogP contribution in [-0.4, -0.2) is 5.11 Å². The van der Waals surface area contributed by atoms with Crippen LogP contribution in [-0.2, 0) is 0 Å². The van der Waals surface area contributed by atoms with E-state index in [4.69, 9.17) is 0 Å². The summed E-state index contributed by atoms with van der Waals surface area (Å²) in [6.07, 6.45) is 9.71. The number of aliphatic hydroxyl groups is 1. The molecule has 0 heterocycles. The fourth-order valence-electron chi connectivity index (χ4n) is 1.68. The predicted molar refractivity (Wildman–Crippen MR) is 69.3 cm³/mol. The molecule has 0 spiro atoms. The van der Waals surface area contributed by atoms with E-state index in [0.29, 0.717) is 0 Å². The molecule has 1 aromatic carbocycles. The highest BCUT2D eigenvalue weighted by Gasteiger charge is 2.00. The summed E-state index contributed by atoms with van der Waals surface area (Å²) >= 11 is 0. The number of allylic oxidation sites excluding steroid dienone is 1. The number of benzene rings is 1. The van der Waals surface area contributed by atoms with E-state index in [9.17, 15) is 5.11 Å². The Morgan fingerprint density at radius 1 is 1.12 bits per heavy atom. The van der Waals surface area contributed by atoms with Gasteiger partial charge in [-0.3, -0.25) is 0 Å². The molecule has 0 unspecified atom stereocenters. The zero-order valence-electron chi connectivity index (χ0n) is 10.1. The van der Waals surface area contributed by atoms with Gasteiger partial charge in [0.25, 0.3) is 0 Å². The van der Waals surface area contributed by atoms with Crippen molar-refractivity contribution in [3.05, 3.63) is 48.0 Å². The van der Waals surface area contributed by atoms with Gasteiger partial charge >= 0.3 is 0 Å². The van der Waals surface area contributed by atoms with Crippen molar-refractivity contribution in [2.75, 3.05) is 0 Å². The molecule has 0 aliphatic rings. The van der Waals surface area contributed by atoms with Crippen LogP contribution >= 0.6 is 0 Å². The van der Waals surface area contributed by atoms with Crippen LogP contribution in [0, 0.1) is 0 Å². The van der Waals surface area contributed by atoms with Gasteiger partial charge in [-0.25, -0.2) is 0 Å². The second kappa shape index (κ2) is 8.12. The molecule has 0 bridgehead atoms. The third-order valence-corrected chi connectivity index (χ3v) is 2.68. The zero-order valence-corrected chi connectivity index (χ0v) is 10.1. The number of rotatable bonds is 7. The molecule has 0 saturated carbocycles. The third kappa shape index (κ3) is 5.13. The molecule has 1 atom stereocenters. The van der Waals surface area contributed by atoms with Crippen molar-refractivity contribution in [2.45, 2.75) is 45.1 Å². The third-order valence-electron chi connectivity index (χ3n) is 2.68. The van der Waals surface area contributed by atoms with Gasteiger partial charge in [-0.05, 0) is 18.4 Å². The Hall–Kier alpha value is -1.08. The minimum Gasteiger partial charge on any atom is -0.384 e. The SMILES string of the molecule is CCCCCC/C=C/[C@@H](O)c1ccccc1. The Balaban J connectivity index is 2.24. The summed E-state index contributed by atoms with van der Waals surface area (Å²) in [5.41, 5.74) is 0.965. The van der Waals surface area contributed by atoms with Gasteiger partial charge in [0.15, 0.2) is 0 Å². The van der Waals surface area contributed by atoms with E-state index < -0.39 is 6.10 Å². The molecule has 1 heteroatoms. The van der Waals surface area contributed by atoms with Crippen molar-refractivity contribution in [2.24, 2.45) is 0 Å². The van der Waals surface area contributed by atoms with Crippen LogP contribution < -0.4 is 0 Å². The van der Waals surface area contributed by atoms with Crippen molar-refractivity contribution in [1.29, 1.82) is 0 Å². The predicted octanol–water partition coefficient (Wildman–Crippen LogP) is 4.25. The maximum absolute atomic E-state index is 9.84. The first kappa shape index (κ1) is 13.0. The highest BCUT2D eigenvalue weighted by molar-refractivity contribution is 5.20. The Kier molecular flexibility index (Phi) is 6.59. The number of aliphatic hydroxyl groups excluding tert-OH is 1. The van der Waals surface area contributed by atoms with Gasteiger partial charge in [0.2, 0.25) is 0 Å². The fraction of sp³-hybridized carbons (Fsp3) is 0.467. The first-order valence-electron chi connectivity index (χ1n) is 6.24. The molecule has 0 aliphatic heterocycles. The summed E-state index contributed by atoms with van der Waals surface area (Å²) in [6.45, 7) is 2.22. The van der Waals surface area contributed by atoms with Gasteiger partial charge in [0.05, 0.1) is 6.10 Å². The van der Waals surface area contributed by atoms with Crippen LogP contribution in [0.25, 0.3) is 0 Å². The molecule has 0 fully saturated rings. The molecule has 0 radical (unpaired) electrons. The Bertz CT molecular complexity index is 290. The molecule has 1 aromatic rings. The molecule has 88 valence electrons. The van der Waals surface area contributed by atoms with Gasteiger partial charge in [0.1, 0.15) is 0 Å². The van der Waals surface area contributed by atoms with Crippen molar-refractivity contribution < 1.29 is 5.11 Å². The Labute approximate surface area is 98.8 Å². The molecular weight excluding hydrogens is 196 g/mol. The van der Waals surface area contributed by atoms with E-state index in [2.05, 4.69) is 13.0 Å². The number of unbranched alkanes of at least 4 members (excludes halogenated alkanes) is 4. The largest absolute Gasteiger partial charge is 0.384 e. The molecule has 1 rings (SSSR count). The molecular formula is C15H22O. The summed E-state index contributed by atoms with van der Waals surface area (Å²) in [5, 5.41) is 9.84. The Morgan fingerprint density at radius 3 is 2.56 bits per heavy atom. The average Bonchev–Trinajstić information content (AvgIpc) is 2.34. The van der Waals surface area contributed by atoms with Gasteiger partial charge < -0.3 is 5.11 Å². The fourth-order valence-corrected chi connectivity index (χ4v) is 1.68. The van der Waals surface area contributed by atoms with Gasteiger partial charge in [-0.1, -0.05) is 68.7 Å². The normalized spacial score (nSPS) is 13.1. The average molecular weight is 218 g/mol. The van der Waals surface area contributed by atoms with Crippen LogP contribution in [0.5, 0.6) is 0 Å². The van der Waals surface area contributed by atoms with Crippen molar-refractivity contribution in [3.8, 4) is 0 Å². The second-order valence-corrected chi connectivity index (χ2v) is 4.13. The summed E-state index contributed by atoms with van der Waals surface area (Å²) in [5.74, 6) is 0. The summed E-state index contributed by atoms with van der Waals surface area (Å²) < 4.78 is 0. The maximum atomic E-state index is 9.84. The van der Waals surface area contributed by atoms with Crippen LogP contribution in [0.3, 0.4) is 0 Å². The van der Waals surface area contributed by atoms with Crippen LogP contribution in [0.1, 0.15) is 50.7 Å². The minimum atomic E-state index is -0.452. The lowest BCUT2D eigenvalue weighted by Gasteiger charge is -2.04. The molecule has 0 aromatic heterocycles. The number of hydrogen-bond donors (Lipinski definition) is 1. The highest BCUT2D eigenvalue weighted by atomic mass is 16.3.